The van der Waals surface area contributed by atoms with Crippen LogP contribution in [0, 0.1) is 13.8 Å². The minimum Gasteiger partial charge on any atom is -0.478 e. The first-order valence-electron chi connectivity index (χ1n) is 5.90. The summed E-state index contributed by atoms with van der Waals surface area (Å²) in [4.78, 5) is 15.2. The number of aromatic nitrogens is 3. The molecule has 0 bridgehead atoms. The van der Waals surface area contributed by atoms with E-state index < -0.39 is 5.97 Å². The molecule has 0 spiro atoms. The fourth-order valence-corrected chi connectivity index (χ4v) is 2.33. The van der Waals surface area contributed by atoms with Gasteiger partial charge < -0.3 is 5.11 Å². The first kappa shape index (κ1) is 13.5. The molecule has 2 rings (SSSR count). The Morgan fingerprint density at radius 1 is 1.42 bits per heavy atom. The van der Waals surface area contributed by atoms with Crippen LogP contribution in [0.3, 0.4) is 0 Å². The molecule has 0 unspecified atom stereocenters. The molecular weight excluding hydrogens is 266 g/mol. The van der Waals surface area contributed by atoms with Crippen LogP contribution in [-0.4, -0.2) is 25.8 Å². The number of pyridine rings is 1. The second kappa shape index (κ2) is 5.01. The van der Waals surface area contributed by atoms with Crippen molar-refractivity contribution in [3.63, 3.8) is 0 Å². The molecule has 5 nitrogen and oxygen atoms in total. The van der Waals surface area contributed by atoms with Crippen LogP contribution >= 0.6 is 11.6 Å². The van der Waals surface area contributed by atoms with Gasteiger partial charge in [0.15, 0.2) is 5.82 Å². The third-order valence-corrected chi connectivity index (χ3v) is 3.23. The fourth-order valence-electron chi connectivity index (χ4n) is 2.12. The lowest BCUT2D eigenvalue weighted by molar-refractivity contribution is 0.0696. The van der Waals surface area contributed by atoms with Gasteiger partial charge in [-0.15, -0.1) is 0 Å². The first-order valence-corrected chi connectivity index (χ1v) is 6.28. The molecule has 0 saturated heterocycles. The smallest absolute Gasteiger partial charge is 0.335 e. The second-order valence-electron chi connectivity index (χ2n) is 4.26. The highest BCUT2D eigenvalue weighted by molar-refractivity contribution is 6.29. The number of nitrogens with zero attached hydrogens (tertiary/aromatic N) is 3. The fraction of sp³-hybridized carbons (Fsp3) is 0.308. The van der Waals surface area contributed by atoms with E-state index in [-0.39, 0.29) is 10.7 Å². The summed E-state index contributed by atoms with van der Waals surface area (Å²) in [7, 11) is 0. The highest BCUT2D eigenvalue weighted by Crippen LogP contribution is 2.20. The molecule has 0 atom stereocenters. The van der Waals surface area contributed by atoms with Gasteiger partial charge >= 0.3 is 5.97 Å². The monoisotopic (exact) mass is 279 g/mol. The molecule has 19 heavy (non-hydrogen) atoms. The maximum absolute atomic E-state index is 11.0. The third-order valence-electron chi connectivity index (χ3n) is 3.04. The van der Waals surface area contributed by atoms with Gasteiger partial charge in [0.05, 0.1) is 11.3 Å². The summed E-state index contributed by atoms with van der Waals surface area (Å²) < 4.78 is 1.63. The molecular formula is C13H14ClN3O2. The van der Waals surface area contributed by atoms with Gasteiger partial charge in [-0.3, -0.25) is 0 Å². The van der Waals surface area contributed by atoms with Gasteiger partial charge in [-0.2, -0.15) is 5.10 Å². The Labute approximate surface area is 115 Å². The van der Waals surface area contributed by atoms with Gasteiger partial charge in [0.25, 0.3) is 0 Å². The number of hydrogen-bond donors (Lipinski definition) is 1. The summed E-state index contributed by atoms with van der Waals surface area (Å²) in [5.41, 5.74) is 3.10. The average Bonchev–Trinajstić information content (AvgIpc) is 2.63. The molecule has 100 valence electrons. The Morgan fingerprint density at radius 3 is 2.63 bits per heavy atom. The van der Waals surface area contributed by atoms with E-state index in [9.17, 15) is 4.79 Å². The first-order chi connectivity index (χ1) is 8.93. The highest BCUT2D eigenvalue weighted by Gasteiger charge is 2.14. The van der Waals surface area contributed by atoms with Crippen molar-refractivity contribution in [1.82, 2.24) is 14.8 Å². The van der Waals surface area contributed by atoms with Crippen LogP contribution in [-0.2, 0) is 6.42 Å². The van der Waals surface area contributed by atoms with Crippen molar-refractivity contribution in [2.24, 2.45) is 0 Å². The standard InChI is InChI=1S/C13H14ClN3O2/c1-4-10-7(2)16-17(8(10)3)12-6-9(13(18)19)5-11(14)15-12/h5-6H,4H2,1-3H3,(H,18,19). The lowest BCUT2D eigenvalue weighted by atomic mass is 10.1. The quantitative estimate of drug-likeness (QED) is 0.877. The van der Waals surface area contributed by atoms with Gasteiger partial charge in [-0.05, 0) is 38.0 Å². The normalized spacial score (nSPS) is 10.7. The molecule has 0 aliphatic rings. The highest BCUT2D eigenvalue weighted by atomic mass is 35.5. The molecule has 6 heteroatoms. The SMILES string of the molecule is CCc1c(C)nn(-c2cc(C(=O)O)cc(Cl)n2)c1C. The zero-order chi connectivity index (χ0) is 14.2. The Kier molecular flexibility index (Phi) is 3.57. The van der Waals surface area contributed by atoms with Crippen LogP contribution in [0.15, 0.2) is 12.1 Å². The van der Waals surface area contributed by atoms with Crippen LogP contribution < -0.4 is 0 Å². The predicted molar refractivity (Wildman–Crippen MR) is 72.2 cm³/mol. The zero-order valence-electron chi connectivity index (χ0n) is 10.9. The van der Waals surface area contributed by atoms with E-state index in [2.05, 4.69) is 17.0 Å². The number of rotatable bonds is 3. The molecule has 2 aromatic heterocycles. The minimum atomic E-state index is -1.04. The van der Waals surface area contributed by atoms with E-state index in [1.54, 1.807) is 4.68 Å². The average molecular weight is 280 g/mol. The maximum Gasteiger partial charge on any atom is 0.335 e. The third kappa shape index (κ3) is 2.46. The summed E-state index contributed by atoms with van der Waals surface area (Å²) in [6.07, 6.45) is 0.865. The lowest BCUT2D eigenvalue weighted by Crippen LogP contribution is -2.06. The van der Waals surface area contributed by atoms with Crippen LogP contribution in [0.2, 0.25) is 5.15 Å². The largest absolute Gasteiger partial charge is 0.478 e. The van der Waals surface area contributed by atoms with E-state index in [0.717, 1.165) is 23.4 Å². The lowest BCUT2D eigenvalue weighted by Gasteiger charge is -2.06. The van der Waals surface area contributed by atoms with Crippen molar-refractivity contribution in [3.05, 3.63) is 39.8 Å². The molecule has 1 N–H and O–H groups in total. The summed E-state index contributed by atoms with van der Waals surface area (Å²) in [6.45, 7) is 5.91. The number of carboxylic acids is 1. The van der Waals surface area contributed by atoms with Crippen LogP contribution in [0.1, 0.15) is 34.2 Å². The van der Waals surface area contributed by atoms with Gasteiger partial charge in [0.1, 0.15) is 5.15 Å². The van der Waals surface area contributed by atoms with Crippen molar-refractivity contribution in [1.29, 1.82) is 0 Å². The number of hydrogen-bond acceptors (Lipinski definition) is 3. The molecule has 0 amide bonds. The molecule has 0 radical (unpaired) electrons. The van der Waals surface area contributed by atoms with Gasteiger partial charge in [-0.25, -0.2) is 14.5 Å². The van der Waals surface area contributed by atoms with Crippen molar-refractivity contribution in [2.45, 2.75) is 27.2 Å². The Balaban J connectivity index is 2.62. The van der Waals surface area contributed by atoms with E-state index in [1.165, 1.54) is 12.1 Å². The van der Waals surface area contributed by atoms with Gasteiger partial charge in [0, 0.05) is 5.69 Å². The van der Waals surface area contributed by atoms with Crippen molar-refractivity contribution >= 4 is 17.6 Å². The van der Waals surface area contributed by atoms with Crippen LogP contribution in [0.25, 0.3) is 5.82 Å². The number of aryl methyl sites for hydroxylation is 1. The molecule has 0 saturated carbocycles. The van der Waals surface area contributed by atoms with E-state index in [0.29, 0.717) is 5.82 Å². The number of halogens is 1. The van der Waals surface area contributed by atoms with Gasteiger partial charge in [-0.1, -0.05) is 18.5 Å². The molecule has 0 fully saturated rings. The predicted octanol–water partition coefficient (Wildman–Crippen LogP) is 2.80. The summed E-state index contributed by atoms with van der Waals surface area (Å²) >= 11 is 5.86. The molecule has 0 aliphatic carbocycles. The molecule has 2 heterocycles. The topological polar surface area (TPSA) is 68.0 Å². The Hall–Kier alpha value is -1.88. The van der Waals surface area contributed by atoms with Gasteiger partial charge in [0.2, 0.25) is 0 Å². The van der Waals surface area contributed by atoms with Crippen LogP contribution in [0.4, 0.5) is 0 Å². The number of carbonyl (C=O) groups is 1. The summed E-state index contributed by atoms with van der Waals surface area (Å²) in [5.74, 6) is -0.618. The summed E-state index contributed by atoms with van der Waals surface area (Å²) in [6, 6.07) is 2.78. The van der Waals surface area contributed by atoms with E-state index in [4.69, 9.17) is 16.7 Å². The van der Waals surface area contributed by atoms with E-state index >= 15 is 0 Å². The minimum absolute atomic E-state index is 0.0978. The van der Waals surface area contributed by atoms with Crippen molar-refractivity contribution < 1.29 is 9.90 Å². The Bertz CT molecular complexity index is 650. The van der Waals surface area contributed by atoms with Crippen LogP contribution in [0.5, 0.6) is 0 Å². The molecule has 2 aromatic rings. The number of carboxylic acid groups (broad SMARTS) is 1. The van der Waals surface area contributed by atoms with Crippen molar-refractivity contribution in [3.8, 4) is 5.82 Å². The molecule has 0 aromatic carbocycles. The summed E-state index contributed by atoms with van der Waals surface area (Å²) in [5, 5.41) is 13.6. The number of aromatic carboxylic acids is 1. The molecule has 0 aliphatic heterocycles. The van der Waals surface area contributed by atoms with E-state index in [1.807, 2.05) is 13.8 Å². The second-order valence-corrected chi connectivity index (χ2v) is 4.64. The van der Waals surface area contributed by atoms with Crippen molar-refractivity contribution in [2.75, 3.05) is 0 Å². The zero-order valence-corrected chi connectivity index (χ0v) is 11.7. The Morgan fingerprint density at radius 2 is 2.11 bits per heavy atom. The maximum atomic E-state index is 11.0.